The lowest BCUT2D eigenvalue weighted by Gasteiger charge is -2.19. The SMILES string of the molecule is CC1C=CC(Nc2ccccc2-c2cc3ccccc3c3ccc4ccccc4c23)=CC1. The summed E-state index contributed by atoms with van der Waals surface area (Å²) in [4.78, 5) is 0. The Kier molecular flexibility index (Phi) is 4.54. The molecule has 5 aromatic carbocycles. The number of hydrogen-bond donors (Lipinski definition) is 1. The number of hydrogen-bond acceptors (Lipinski definition) is 1. The van der Waals surface area contributed by atoms with Crippen molar-refractivity contribution in [2.24, 2.45) is 5.92 Å². The van der Waals surface area contributed by atoms with E-state index in [-0.39, 0.29) is 0 Å². The number of rotatable bonds is 3. The Labute approximate surface area is 188 Å². The summed E-state index contributed by atoms with van der Waals surface area (Å²) in [7, 11) is 0. The first-order valence-electron chi connectivity index (χ1n) is 11.4. The van der Waals surface area contributed by atoms with Crippen LogP contribution in [0.3, 0.4) is 0 Å². The van der Waals surface area contributed by atoms with Gasteiger partial charge in [0.1, 0.15) is 0 Å². The molecule has 0 aromatic heterocycles. The molecule has 6 rings (SSSR count). The molecule has 5 aromatic rings. The molecule has 0 heterocycles. The molecule has 1 nitrogen and oxygen atoms in total. The molecule has 0 radical (unpaired) electrons. The third-order valence-corrected chi connectivity index (χ3v) is 6.56. The summed E-state index contributed by atoms with van der Waals surface area (Å²) in [6, 6.07) is 33.0. The maximum absolute atomic E-state index is 3.70. The summed E-state index contributed by atoms with van der Waals surface area (Å²) in [6.45, 7) is 2.25. The maximum Gasteiger partial charge on any atom is 0.0464 e. The average molecular weight is 412 g/mol. The Balaban J connectivity index is 1.65. The minimum atomic E-state index is 0.603. The predicted octanol–water partition coefficient (Wildman–Crippen LogP) is 8.71. The van der Waals surface area contributed by atoms with Gasteiger partial charge in [-0.1, -0.05) is 97.9 Å². The normalized spacial score (nSPS) is 15.9. The van der Waals surface area contributed by atoms with Crippen LogP contribution in [0, 0.1) is 5.92 Å². The molecule has 0 saturated carbocycles. The van der Waals surface area contributed by atoms with E-state index in [0.29, 0.717) is 5.92 Å². The fraction of sp³-hybridized carbons (Fsp3) is 0.0968. The smallest absolute Gasteiger partial charge is 0.0464 e. The molecule has 1 aliphatic carbocycles. The van der Waals surface area contributed by atoms with Crippen LogP contribution in [0.25, 0.3) is 43.4 Å². The summed E-state index contributed by atoms with van der Waals surface area (Å²) < 4.78 is 0. The van der Waals surface area contributed by atoms with Gasteiger partial charge < -0.3 is 5.32 Å². The molecule has 1 heteroatoms. The zero-order valence-corrected chi connectivity index (χ0v) is 18.2. The standard InChI is InChI=1S/C31H25N/c1-21-14-17-24(18-15-21)32-30-13-7-6-12-27(30)29-20-23-9-3-4-10-25(23)28-19-16-22-8-2-5-11-26(22)31(28)29/h2-14,16-21,32H,15H2,1H3. The minimum Gasteiger partial charge on any atom is -0.355 e. The van der Waals surface area contributed by atoms with E-state index < -0.39 is 0 Å². The summed E-state index contributed by atoms with van der Waals surface area (Å²) in [5.74, 6) is 0.603. The van der Waals surface area contributed by atoms with Crippen LogP contribution in [-0.4, -0.2) is 0 Å². The first-order chi connectivity index (χ1) is 15.8. The van der Waals surface area contributed by atoms with Crippen LogP contribution < -0.4 is 5.32 Å². The first-order valence-corrected chi connectivity index (χ1v) is 11.4. The second-order valence-electron chi connectivity index (χ2n) is 8.76. The zero-order valence-electron chi connectivity index (χ0n) is 18.2. The van der Waals surface area contributed by atoms with Gasteiger partial charge in [-0.2, -0.15) is 0 Å². The number of anilines is 1. The second-order valence-corrected chi connectivity index (χ2v) is 8.76. The third kappa shape index (κ3) is 3.18. The maximum atomic E-state index is 3.70. The van der Waals surface area contributed by atoms with E-state index >= 15 is 0 Å². The van der Waals surface area contributed by atoms with Gasteiger partial charge in [0.15, 0.2) is 0 Å². The molecule has 1 unspecified atom stereocenters. The van der Waals surface area contributed by atoms with Gasteiger partial charge >= 0.3 is 0 Å². The fourth-order valence-corrected chi connectivity index (χ4v) is 4.90. The van der Waals surface area contributed by atoms with Gasteiger partial charge in [0.25, 0.3) is 0 Å². The van der Waals surface area contributed by atoms with Crippen molar-refractivity contribution in [3.63, 3.8) is 0 Å². The van der Waals surface area contributed by atoms with Crippen molar-refractivity contribution in [3.8, 4) is 11.1 Å². The Morgan fingerprint density at radius 1 is 0.688 bits per heavy atom. The Hall–Kier alpha value is -3.84. The highest BCUT2D eigenvalue weighted by Crippen LogP contribution is 2.41. The van der Waals surface area contributed by atoms with E-state index in [0.717, 1.165) is 12.1 Å². The third-order valence-electron chi connectivity index (χ3n) is 6.56. The van der Waals surface area contributed by atoms with Crippen LogP contribution in [0.1, 0.15) is 13.3 Å². The van der Waals surface area contributed by atoms with Crippen molar-refractivity contribution in [1.29, 1.82) is 0 Å². The van der Waals surface area contributed by atoms with Crippen molar-refractivity contribution in [3.05, 3.63) is 115 Å². The van der Waals surface area contributed by atoms with E-state index in [1.165, 1.54) is 49.1 Å². The Bertz CT molecular complexity index is 1540. The summed E-state index contributed by atoms with van der Waals surface area (Å²) >= 11 is 0. The Morgan fingerprint density at radius 3 is 2.28 bits per heavy atom. The molecule has 0 aliphatic heterocycles. The molecule has 1 aliphatic rings. The highest BCUT2D eigenvalue weighted by Gasteiger charge is 2.15. The van der Waals surface area contributed by atoms with Crippen LogP contribution in [0.2, 0.25) is 0 Å². The lowest BCUT2D eigenvalue weighted by atomic mass is 9.89. The highest BCUT2D eigenvalue weighted by atomic mass is 14.9. The molecular weight excluding hydrogens is 386 g/mol. The van der Waals surface area contributed by atoms with Gasteiger partial charge in [-0.15, -0.1) is 0 Å². The van der Waals surface area contributed by atoms with Gasteiger partial charge in [0.05, 0.1) is 0 Å². The average Bonchev–Trinajstić information content (AvgIpc) is 2.85. The van der Waals surface area contributed by atoms with Crippen LogP contribution in [-0.2, 0) is 0 Å². The molecular formula is C31H25N. The van der Waals surface area contributed by atoms with Crippen LogP contribution in [0.15, 0.2) is 115 Å². The molecule has 0 amide bonds. The van der Waals surface area contributed by atoms with Crippen molar-refractivity contribution in [2.75, 3.05) is 5.32 Å². The molecule has 0 fully saturated rings. The van der Waals surface area contributed by atoms with Crippen LogP contribution in [0.5, 0.6) is 0 Å². The minimum absolute atomic E-state index is 0.603. The number of allylic oxidation sites excluding steroid dienone is 3. The van der Waals surface area contributed by atoms with Gasteiger partial charge in [-0.25, -0.2) is 0 Å². The number of nitrogens with one attached hydrogen (secondary N) is 1. The van der Waals surface area contributed by atoms with Gasteiger partial charge in [-0.3, -0.25) is 0 Å². The number of fused-ring (bicyclic) bond motifs is 5. The highest BCUT2D eigenvalue weighted by molar-refractivity contribution is 6.23. The van der Waals surface area contributed by atoms with E-state index in [2.05, 4.69) is 121 Å². The molecule has 0 bridgehead atoms. The topological polar surface area (TPSA) is 12.0 Å². The molecule has 0 saturated heterocycles. The quantitative estimate of drug-likeness (QED) is 0.293. The van der Waals surface area contributed by atoms with E-state index in [4.69, 9.17) is 0 Å². The van der Waals surface area contributed by atoms with Crippen LogP contribution >= 0.6 is 0 Å². The largest absolute Gasteiger partial charge is 0.355 e. The Morgan fingerprint density at radius 2 is 1.44 bits per heavy atom. The molecule has 1 atom stereocenters. The first kappa shape index (κ1) is 18.9. The van der Waals surface area contributed by atoms with Crippen molar-refractivity contribution in [1.82, 2.24) is 0 Å². The van der Waals surface area contributed by atoms with E-state index in [1.54, 1.807) is 0 Å². The lowest BCUT2D eigenvalue weighted by Crippen LogP contribution is -2.04. The monoisotopic (exact) mass is 411 g/mol. The zero-order chi connectivity index (χ0) is 21.5. The van der Waals surface area contributed by atoms with Gasteiger partial charge in [-0.05, 0) is 68.4 Å². The van der Waals surface area contributed by atoms with Gasteiger partial charge in [0, 0.05) is 16.9 Å². The summed E-state index contributed by atoms with van der Waals surface area (Å²) in [5, 5.41) is 11.5. The number of benzene rings is 5. The fourth-order valence-electron chi connectivity index (χ4n) is 4.90. The van der Waals surface area contributed by atoms with Gasteiger partial charge in [0.2, 0.25) is 0 Å². The van der Waals surface area contributed by atoms with Crippen LogP contribution in [0.4, 0.5) is 5.69 Å². The lowest BCUT2D eigenvalue weighted by molar-refractivity contribution is 0.731. The molecule has 154 valence electrons. The number of para-hydroxylation sites is 1. The summed E-state index contributed by atoms with van der Waals surface area (Å²) in [5.41, 5.74) is 4.81. The second kappa shape index (κ2) is 7.69. The van der Waals surface area contributed by atoms with Crippen molar-refractivity contribution in [2.45, 2.75) is 13.3 Å². The van der Waals surface area contributed by atoms with E-state index in [9.17, 15) is 0 Å². The van der Waals surface area contributed by atoms with E-state index in [1.807, 2.05) is 0 Å². The van der Waals surface area contributed by atoms with Crippen molar-refractivity contribution < 1.29 is 0 Å². The molecule has 0 spiro atoms. The predicted molar refractivity (Wildman–Crippen MR) is 139 cm³/mol. The summed E-state index contributed by atoms with van der Waals surface area (Å²) in [6.07, 6.45) is 7.86. The molecule has 1 N–H and O–H groups in total. The van der Waals surface area contributed by atoms with Crippen molar-refractivity contribution >= 4 is 38.0 Å². The molecule has 32 heavy (non-hydrogen) atoms.